The number of hydrogen-bond acceptors (Lipinski definition) is 1. The van der Waals surface area contributed by atoms with Crippen molar-refractivity contribution < 1.29 is 4.39 Å². The molecular formula is C48H37FN2. The molecule has 0 fully saturated rings. The van der Waals surface area contributed by atoms with Crippen molar-refractivity contribution >= 4 is 38.9 Å². The van der Waals surface area contributed by atoms with Gasteiger partial charge in [0.1, 0.15) is 5.82 Å². The molecule has 0 bridgehead atoms. The third-order valence-electron chi connectivity index (χ3n) is 11.6. The minimum absolute atomic E-state index is 0.133. The van der Waals surface area contributed by atoms with E-state index in [4.69, 9.17) is 0 Å². The Hall–Kier alpha value is -5.93. The van der Waals surface area contributed by atoms with Crippen molar-refractivity contribution in [3.63, 3.8) is 0 Å². The summed E-state index contributed by atoms with van der Waals surface area (Å²) >= 11 is 0. The van der Waals surface area contributed by atoms with E-state index in [0.29, 0.717) is 0 Å². The van der Waals surface area contributed by atoms with E-state index in [1.807, 2.05) is 12.1 Å². The molecule has 0 atom stereocenters. The summed E-state index contributed by atoms with van der Waals surface area (Å²) in [6.07, 6.45) is 0. The molecule has 2 aliphatic rings. The van der Waals surface area contributed by atoms with Gasteiger partial charge < -0.3 is 9.47 Å². The fourth-order valence-corrected chi connectivity index (χ4v) is 8.98. The first-order chi connectivity index (χ1) is 24.7. The fraction of sp³-hybridized carbons (Fsp3) is 0.125. The van der Waals surface area contributed by atoms with Crippen LogP contribution in [0.3, 0.4) is 0 Å². The van der Waals surface area contributed by atoms with Gasteiger partial charge in [-0.3, -0.25) is 0 Å². The van der Waals surface area contributed by atoms with Gasteiger partial charge in [0.05, 0.1) is 22.4 Å². The van der Waals surface area contributed by atoms with Gasteiger partial charge in [-0.1, -0.05) is 100 Å². The quantitative estimate of drug-likeness (QED) is 0.183. The highest BCUT2D eigenvalue weighted by atomic mass is 19.1. The van der Waals surface area contributed by atoms with Gasteiger partial charge in [0, 0.05) is 33.0 Å². The van der Waals surface area contributed by atoms with Gasteiger partial charge in [-0.15, -0.1) is 0 Å². The Kier molecular flexibility index (Phi) is 6.19. The minimum atomic E-state index is -0.304. The lowest BCUT2D eigenvalue weighted by molar-refractivity contribution is 0.624. The van der Waals surface area contributed by atoms with Crippen LogP contribution in [0.15, 0.2) is 152 Å². The molecule has 1 aromatic heterocycles. The van der Waals surface area contributed by atoms with Crippen LogP contribution in [-0.4, -0.2) is 4.57 Å². The maximum absolute atomic E-state index is 14.3. The number of rotatable bonds is 3. The number of hydrogen-bond donors (Lipinski definition) is 0. The summed E-state index contributed by atoms with van der Waals surface area (Å²) in [7, 11) is 0. The molecule has 51 heavy (non-hydrogen) atoms. The molecule has 0 N–H and O–H groups in total. The van der Waals surface area contributed by atoms with Crippen molar-refractivity contribution in [2.45, 2.75) is 38.5 Å². The first-order valence-corrected chi connectivity index (χ1v) is 17.8. The third kappa shape index (κ3) is 4.21. The predicted octanol–water partition coefficient (Wildman–Crippen LogP) is 13.0. The minimum Gasteiger partial charge on any atom is -0.310 e. The van der Waals surface area contributed by atoms with Crippen LogP contribution in [0, 0.1) is 5.82 Å². The van der Waals surface area contributed by atoms with Crippen molar-refractivity contribution in [1.82, 2.24) is 4.57 Å². The van der Waals surface area contributed by atoms with E-state index >= 15 is 0 Å². The van der Waals surface area contributed by atoms with E-state index in [-0.39, 0.29) is 16.6 Å². The number of fused-ring (bicyclic) bond motifs is 8. The molecular weight excluding hydrogens is 624 g/mol. The highest BCUT2D eigenvalue weighted by Gasteiger charge is 2.42. The molecule has 0 saturated heterocycles. The summed E-state index contributed by atoms with van der Waals surface area (Å²) in [6, 6.07) is 53.7. The molecule has 2 heterocycles. The fourth-order valence-electron chi connectivity index (χ4n) is 8.98. The molecule has 0 spiro atoms. The number of anilines is 3. The second-order valence-corrected chi connectivity index (χ2v) is 15.2. The summed E-state index contributed by atoms with van der Waals surface area (Å²) in [5.41, 5.74) is 16.5. The Morgan fingerprint density at radius 3 is 1.90 bits per heavy atom. The molecule has 1 aliphatic heterocycles. The van der Waals surface area contributed by atoms with Gasteiger partial charge in [0.2, 0.25) is 0 Å². The van der Waals surface area contributed by atoms with Crippen molar-refractivity contribution in [3.05, 3.63) is 180 Å². The van der Waals surface area contributed by atoms with Gasteiger partial charge in [-0.05, 0) is 123 Å². The number of para-hydroxylation sites is 2. The lowest BCUT2D eigenvalue weighted by atomic mass is 9.71. The van der Waals surface area contributed by atoms with Crippen LogP contribution in [0.5, 0.6) is 0 Å². The van der Waals surface area contributed by atoms with Crippen molar-refractivity contribution in [3.8, 4) is 27.9 Å². The zero-order chi connectivity index (χ0) is 34.6. The number of aromatic nitrogens is 1. The second kappa shape index (κ2) is 10.5. The summed E-state index contributed by atoms with van der Waals surface area (Å²) in [6.45, 7) is 9.36. The molecule has 2 nitrogen and oxygen atoms in total. The molecule has 0 saturated carbocycles. The summed E-state index contributed by atoms with van der Waals surface area (Å²) in [5.74, 6) is -0.235. The first kappa shape index (κ1) is 29.9. The molecule has 1 aliphatic carbocycles. The van der Waals surface area contributed by atoms with E-state index < -0.39 is 0 Å². The van der Waals surface area contributed by atoms with Crippen LogP contribution in [0.1, 0.15) is 49.9 Å². The third-order valence-corrected chi connectivity index (χ3v) is 11.6. The molecule has 0 unspecified atom stereocenters. The van der Waals surface area contributed by atoms with Crippen LogP contribution in [0.2, 0.25) is 0 Å². The lowest BCUT2D eigenvalue weighted by Gasteiger charge is -2.43. The van der Waals surface area contributed by atoms with Crippen molar-refractivity contribution in [1.29, 1.82) is 0 Å². The zero-order valence-electron chi connectivity index (χ0n) is 29.2. The maximum atomic E-state index is 14.3. The molecule has 8 aromatic rings. The predicted molar refractivity (Wildman–Crippen MR) is 211 cm³/mol. The largest absolute Gasteiger partial charge is 0.310 e. The van der Waals surface area contributed by atoms with Crippen LogP contribution in [0.4, 0.5) is 21.5 Å². The van der Waals surface area contributed by atoms with E-state index in [1.165, 1.54) is 66.3 Å². The van der Waals surface area contributed by atoms with Crippen LogP contribution in [-0.2, 0) is 10.8 Å². The van der Waals surface area contributed by atoms with Gasteiger partial charge >= 0.3 is 0 Å². The van der Waals surface area contributed by atoms with Gasteiger partial charge in [0.25, 0.3) is 0 Å². The average molecular weight is 661 g/mol. The standard InChI is InChI=1S/C48H37FN2/c1-47(2)39-16-10-8-14-35(39)37-28-42-46(29-40(37)47)51(34-22-20-32(49)21-23-34)45-25-19-31(27-41(45)48(42,3)4)30-18-24-44-38(26-30)36-15-9-11-17-43(36)50(44)33-12-6-5-7-13-33/h5-29H,1-4H3. The van der Waals surface area contributed by atoms with Gasteiger partial charge in [0.15, 0.2) is 0 Å². The first-order valence-electron chi connectivity index (χ1n) is 17.8. The zero-order valence-corrected chi connectivity index (χ0v) is 29.2. The van der Waals surface area contributed by atoms with Gasteiger partial charge in [-0.2, -0.15) is 0 Å². The number of halogens is 1. The van der Waals surface area contributed by atoms with Crippen LogP contribution < -0.4 is 4.90 Å². The Bertz CT molecular complexity index is 2700. The van der Waals surface area contributed by atoms with E-state index in [1.54, 1.807) is 12.1 Å². The Morgan fingerprint density at radius 1 is 0.431 bits per heavy atom. The second-order valence-electron chi connectivity index (χ2n) is 15.2. The molecule has 10 rings (SSSR count). The van der Waals surface area contributed by atoms with Crippen LogP contribution >= 0.6 is 0 Å². The molecule has 3 heteroatoms. The monoisotopic (exact) mass is 660 g/mol. The van der Waals surface area contributed by atoms with Crippen LogP contribution in [0.25, 0.3) is 49.7 Å². The smallest absolute Gasteiger partial charge is 0.123 e. The summed E-state index contributed by atoms with van der Waals surface area (Å²) in [5, 5.41) is 2.48. The molecule has 246 valence electrons. The Morgan fingerprint density at radius 2 is 1.08 bits per heavy atom. The highest BCUT2D eigenvalue weighted by molar-refractivity contribution is 6.10. The van der Waals surface area contributed by atoms with E-state index in [2.05, 4.69) is 165 Å². The summed E-state index contributed by atoms with van der Waals surface area (Å²) < 4.78 is 16.7. The van der Waals surface area contributed by atoms with Crippen molar-refractivity contribution in [2.75, 3.05) is 4.90 Å². The number of nitrogens with zero attached hydrogens (tertiary/aromatic N) is 2. The molecule has 0 amide bonds. The van der Waals surface area contributed by atoms with E-state index in [9.17, 15) is 4.39 Å². The Labute approximate surface area is 298 Å². The normalized spacial score (nSPS) is 15.0. The lowest BCUT2D eigenvalue weighted by Crippen LogP contribution is -2.31. The average Bonchev–Trinajstić information content (AvgIpc) is 3.60. The van der Waals surface area contributed by atoms with E-state index in [0.717, 1.165) is 22.7 Å². The highest BCUT2D eigenvalue weighted by Crippen LogP contribution is 2.57. The molecule has 0 radical (unpaired) electrons. The number of benzene rings is 7. The van der Waals surface area contributed by atoms with Crippen molar-refractivity contribution in [2.24, 2.45) is 0 Å². The Balaban J connectivity index is 1.18. The molecule has 7 aromatic carbocycles. The SMILES string of the molecule is CC1(C)c2ccccc2-c2cc3c(cc21)N(c1ccc(F)cc1)c1ccc(-c2ccc4c(c2)c2ccccc2n4-c2ccccc2)cc1C3(C)C. The topological polar surface area (TPSA) is 8.17 Å². The van der Waals surface area contributed by atoms with Gasteiger partial charge in [-0.25, -0.2) is 4.39 Å². The summed E-state index contributed by atoms with van der Waals surface area (Å²) in [4.78, 5) is 2.34. The maximum Gasteiger partial charge on any atom is 0.123 e.